The first-order valence-corrected chi connectivity index (χ1v) is 8.18. The van der Waals surface area contributed by atoms with Crippen LogP contribution in [0.1, 0.15) is 37.9 Å². The van der Waals surface area contributed by atoms with Gasteiger partial charge in [0.25, 0.3) is 5.56 Å². The highest BCUT2D eigenvalue weighted by atomic mass is 32.1. The molecule has 0 saturated heterocycles. The molecule has 0 bridgehead atoms. The minimum Gasteiger partial charge on any atom is -0.360 e. The lowest BCUT2D eigenvalue weighted by molar-refractivity contribution is 0.700. The quantitative estimate of drug-likeness (QED) is 0.833. The van der Waals surface area contributed by atoms with Crippen LogP contribution in [0.25, 0.3) is 10.6 Å². The monoisotopic (exact) mass is 306 g/mol. The fourth-order valence-corrected chi connectivity index (χ4v) is 3.22. The second kappa shape index (κ2) is 6.85. The predicted molar refractivity (Wildman–Crippen MR) is 88.2 cm³/mol. The van der Waals surface area contributed by atoms with Crippen LogP contribution in [0.5, 0.6) is 0 Å². The number of unbranched alkanes of at least 4 members (excludes halogenated alkanes) is 1. The van der Waals surface area contributed by atoms with Crippen molar-refractivity contribution in [3.63, 3.8) is 0 Å². The van der Waals surface area contributed by atoms with E-state index in [-0.39, 0.29) is 5.56 Å². The molecule has 114 valence electrons. The van der Waals surface area contributed by atoms with E-state index >= 15 is 0 Å². The van der Waals surface area contributed by atoms with Crippen molar-refractivity contribution in [2.24, 2.45) is 0 Å². The fraction of sp³-hybridized carbons (Fsp3) is 0.533. The molecule has 1 N–H and O–H groups in total. The van der Waals surface area contributed by atoms with Gasteiger partial charge in [0.1, 0.15) is 0 Å². The van der Waals surface area contributed by atoms with Gasteiger partial charge in [0.05, 0.1) is 5.56 Å². The highest BCUT2D eigenvalue weighted by Gasteiger charge is 2.16. The van der Waals surface area contributed by atoms with Crippen LogP contribution in [-0.4, -0.2) is 21.3 Å². The zero-order valence-electron chi connectivity index (χ0n) is 13.1. The number of hydrogen-bond donors (Lipinski definition) is 1. The second-order valence-electron chi connectivity index (χ2n) is 5.09. The van der Waals surface area contributed by atoms with Gasteiger partial charge in [0.2, 0.25) is 5.13 Å². The number of nitrogens with one attached hydrogen (secondary N) is 1. The molecule has 2 rings (SSSR count). The first-order chi connectivity index (χ1) is 10.1. The van der Waals surface area contributed by atoms with Crippen molar-refractivity contribution >= 4 is 16.5 Å². The van der Waals surface area contributed by atoms with Gasteiger partial charge in [-0.25, -0.2) is 0 Å². The number of nitrogens with zero attached hydrogens (tertiary/aromatic N) is 3. The Bertz CT molecular complexity index is 675. The van der Waals surface area contributed by atoms with E-state index < -0.39 is 0 Å². The maximum Gasteiger partial charge on any atom is 0.261 e. The van der Waals surface area contributed by atoms with Crippen molar-refractivity contribution in [3.05, 3.63) is 27.7 Å². The summed E-state index contributed by atoms with van der Waals surface area (Å²) in [6.07, 6.45) is 2.23. The van der Waals surface area contributed by atoms with Crippen LogP contribution >= 0.6 is 11.3 Å². The molecule has 0 fully saturated rings. The largest absolute Gasteiger partial charge is 0.360 e. The molecule has 0 aliphatic heterocycles. The van der Waals surface area contributed by atoms with E-state index in [1.54, 1.807) is 4.57 Å². The SMILES string of the molecule is CCCCNc1nnc(-c2c(C)cc(C)n(CC)c2=O)s1. The van der Waals surface area contributed by atoms with Gasteiger partial charge in [-0.15, -0.1) is 10.2 Å². The molecule has 0 aromatic carbocycles. The third-order valence-electron chi connectivity index (χ3n) is 3.47. The Morgan fingerprint density at radius 1 is 1.29 bits per heavy atom. The fourth-order valence-electron chi connectivity index (χ4n) is 2.35. The lowest BCUT2D eigenvalue weighted by Gasteiger charge is -2.10. The van der Waals surface area contributed by atoms with Crippen molar-refractivity contribution in [2.45, 2.75) is 47.1 Å². The summed E-state index contributed by atoms with van der Waals surface area (Å²) in [6, 6.07) is 2.03. The topological polar surface area (TPSA) is 59.8 Å². The van der Waals surface area contributed by atoms with E-state index in [0.29, 0.717) is 17.1 Å². The molecular formula is C15H22N4OS. The Morgan fingerprint density at radius 2 is 2.05 bits per heavy atom. The van der Waals surface area contributed by atoms with Gasteiger partial charge in [-0.3, -0.25) is 4.79 Å². The van der Waals surface area contributed by atoms with Gasteiger partial charge >= 0.3 is 0 Å². The van der Waals surface area contributed by atoms with E-state index in [2.05, 4.69) is 22.4 Å². The van der Waals surface area contributed by atoms with E-state index in [4.69, 9.17) is 0 Å². The summed E-state index contributed by atoms with van der Waals surface area (Å²) in [7, 11) is 0. The van der Waals surface area contributed by atoms with Crippen molar-refractivity contribution < 1.29 is 0 Å². The highest BCUT2D eigenvalue weighted by molar-refractivity contribution is 7.18. The summed E-state index contributed by atoms with van der Waals surface area (Å²) in [5, 5.41) is 13.0. The van der Waals surface area contributed by atoms with Gasteiger partial charge in [-0.2, -0.15) is 0 Å². The third-order valence-corrected chi connectivity index (χ3v) is 4.36. The van der Waals surface area contributed by atoms with Crippen LogP contribution in [0.2, 0.25) is 0 Å². The number of aromatic nitrogens is 3. The molecule has 2 aromatic rings. The maximum atomic E-state index is 12.6. The number of aryl methyl sites for hydroxylation is 2. The Morgan fingerprint density at radius 3 is 2.71 bits per heavy atom. The number of rotatable bonds is 6. The molecule has 0 atom stereocenters. The van der Waals surface area contributed by atoms with Crippen LogP contribution in [0.15, 0.2) is 10.9 Å². The maximum absolute atomic E-state index is 12.6. The predicted octanol–water partition coefficient (Wildman–Crippen LogP) is 3.22. The lowest BCUT2D eigenvalue weighted by Crippen LogP contribution is -2.24. The molecule has 5 nitrogen and oxygen atoms in total. The molecule has 0 spiro atoms. The zero-order valence-corrected chi connectivity index (χ0v) is 13.9. The molecule has 0 aliphatic rings. The molecule has 0 saturated carbocycles. The first kappa shape index (κ1) is 15.7. The Hall–Kier alpha value is -1.69. The Labute approximate surface area is 129 Å². The Balaban J connectivity index is 2.36. The van der Waals surface area contributed by atoms with Crippen molar-refractivity contribution in [1.82, 2.24) is 14.8 Å². The van der Waals surface area contributed by atoms with E-state index in [9.17, 15) is 4.79 Å². The Kier molecular flexibility index (Phi) is 5.12. The average Bonchev–Trinajstić information content (AvgIpc) is 2.87. The lowest BCUT2D eigenvalue weighted by atomic mass is 10.1. The zero-order chi connectivity index (χ0) is 15.4. The summed E-state index contributed by atoms with van der Waals surface area (Å²) in [4.78, 5) is 12.6. The van der Waals surface area contributed by atoms with Gasteiger partial charge in [-0.05, 0) is 38.8 Å². The summed E-state index contributed by atoms with van der Waals surface area (Å²) >= 11 is 1.44. The molecular weight excluding hydrogens is 284 g/mol. The molecule has 2 heterocycles. The molecule has 0 radical (unpaired) electrons. The number of hydrogen-bond acceptors (Lipinski definition) is 5. The third kappa shape index (κ3) is 3.32. The molecule has 0 unspecified atom stereocenters. The van der Waals surface area contributed by atoms with Crippen molar-refractivity contribution in [3.8, 4) is 10.6 Å². The van der Waals surface area contributed by atoms with E-state index in [0.717, 1.165) is 35.8 Å². The number of pyridine rings is 1. The number of anilines is 1. The summed E-state index contributed by atoms with van der Waals surface area (Å²) in [5.74, 6) is 0. The first-order valence-electron chi connectivity index (χ1n) is 7.37. The van der Waals surface area contributed by atoms with Crippen LogP contribution < -0.4 is 10.9 Å². The summed E-state index contributed by atoms with van der Waals surface area (Å²) in [6.45, 7) is 9.59. The molecule has 0 aliphatic carbocycles. The molecule has 0 amide bonds. The van der Waals surface area contributed by atoms with Crippen LogP contribution in [0, 0.1) is 13.8 Å². The van der Waals surface area contributed by atoms with Gasteiger partial charge in [-0.1, -0.05) is 24.7 Å². The van der Waals surface area contributed by atoms with Crippen LogP contribution in [0.4, 0.5) is 5.13 Å². The molecule has 21 heavy (non-hydrogen) atoms. The van der Waals surface area contributed by atoms with Gasteiger partial charge < -0.3 is 9.88 Å². The van der Waals surface area contributed by atoms with E-state index in [1.807, 2.05) is 26.8 Å². The van der Waals surface area contributed by atoms with Crippen LogP contribution in [0.3, 0.4) is 0 Å². The minimum absolute atomic E-state index is 0.0197. The summed E-state index contributed by atoms with van der Waals surface area (Å²) < 4.78 is 1.77. The summed E-state index contributed by atoms with van der Waals surface area (Å²) in [5.41, 5.74) is 2.63. The average molecular weight is 306 g/mol. The van der Waals surface area contributed by atoms with Gasteiger partial charge in [0.15, 0.2) is 5.01 Å². The van der Waals surface area contributed by atoms with Crippen molar-refractivity contribution in [2.75, 3.05) is 11.9 Å². The minimum atomic E-state index is 0.0197. The molecule has 2 aromatic heterocycles. The van der Waals surface area contributed by atoms with E-state index in [1.165, 1.54) is 11.3 Å². The van der Waals surface area contributed by atoms with Gasteiger partial charge in [0, 0.05) is 18.8 Å². The normalized spacial score (nSPS) is 10.9. The van der Waals surface area contributed by atoms with Crippen LogP contribution in [-0.2, 0) is 6.54 Å². The standard InChI is InChI=1S/C15H22N4OS/c1-5-7-8-16-15-18-17-13(21-15)12-10(3)9-11(4)19(6-2)14(12)20/h9H,5-8H2,1-4H3,(H,16,18). The molecule has 6 heteroatoms. The smallest absolute Gasteiger partial charge is 0.261 e. The van der Waals surface area contributed by atoms with Crippen molar-refractivity contribution in [1.29, 1.82) is 0 Å². The highest BCUT2D eigenvalue weighted by Crippen LogP contribution is 2.26. The second-order valence-corrected chi connectivity index (χ2v) is 6.06.